The van der Waals surface area contributed by atoms with E-state index in [0.29, 0.717) is 21.8 Å². The Morgan fingerprint density at radius 2 is 1.67 bits per heavy atom. The van der Waals surface area contributed by atoms with Crippen LogP contribution in [0.15, 0.2) is 42.5 Å². The molecule has 5 nitrogen and oxygen atoms in total. The molecule has 1 N–H and O–H groups in total. The van der Waals surface area contributed by atoms with Gasteiger partial charge >= 0.3 is 0 Å². The second kappa shape index (κ2) is 6.09. The lowest BCUT2D eigenvalue weighted by Gasteiger charge is -2.22. The van der Waals surface area contributed by atoms with Crippen LogP contribution in [-0.2, 0) is 4.79 Å². The highest BCUT2D eigenvalue weighted by molar-refractivity contribution is 6.31. The Morgan fingerprint density at radius 1 is 1.08 bits per heavy atom. The minimum absolute atomic E-state index is 0.320. The number of rotatable bonds is 3. The first-order valence-corrected chi connectivity index (χ1v) is 7.82. The summed E-state index contributed by atoms with van der Waals surface area (Å²) >= 11 is 5.94. The summed E-state index contributed by atoms with van der Waals surface area (Å²) in [6.07, 6.45) is 0. The van der Waals surface area contributed by atoms with Gasteiger partial charge < -0.3 is 5.32 Å². The van der Waals surface area contributed by atoms with Gasteiger partial charge in [-0.1, -0.05) is 29.8 Å². The number of hydrogen-bond acceptors (Lipinski definition) is 3. The SMILES string of the molecule is Cc1ccc(Cl)cc1NC(=O)[C@@H](C)N1C(=O)c2ccccc2C1=O. The number of halogens is 1. The van der Waals surface area contributed by atoms with Crippen molar-refractivity contribution in [2.45, 2.75) is 19.9 Å². The number of aryl methyl sites for hydroxylation is 1. The molecule has 3 amide bonds. The second-order valence-corrected chi connectivity index (χ2v) is 6.09. The number of fused-ring (bicyclic) bond motifs is 1. The summed E-state index contributed by atoms with van der Waals surface area (Å²) in [5.41, 5.74) is 2.03. The molecule has 2 aromatic carbocycles. The van der Waals surface area contributed by atoms with E-state index in [4.69, 9.17) is 11.6 Å². The summed E-state index contributed by atoms with van der Waals surface area (Å²) in [6.45, 7) is 3.36. The van der Waals surface area contributed by atoms with Crippen molar-refractivity contribution in [2.24, 2.45) is 0 Å². The average molecular weight is 343 g/mol. The van der Waals surface area contributed by atoms with Crippen LogP contribution in [0.25, 0.3) is 0 Å². The topological polar surface area (TPSA) is 66.5 Å². The highest BCUT2D eigenvalue weighted by atomic mass is 35.5. The molecule has 1 aliphatic heterocycles. The Morgan fingerprint density at radius 3 is 2.25 bits per heavy atom. The Hall–Kier alpha value is -2.66. The van der Waals surface area contributed by atoms with Crippen molar-refractivity contribution in [3.8, 4) is 0 Å². The van der Waals surface area contributed by atoms with E-state index < -0.39 is 23.8 Å². The lowest BCUT2D eigenvalue weighted by atomic mass is 10.1. The van der Waals surface area contributed by atoms with Gasteiger partial charge in [0.1, 0.15) is 6.04 Å². The molecule has 1 heterocycles. The maximum Gasteiger partial charge on any atom is 0.262 e. The molecule has 0 fully saturated rings. The van der Waals surface area contributed by atoms with Gasteiger partial charge in [-0.2, -0.15) is 0 Å². The molecule has 0 saturated carbocycles. The summed E-state index contributed by atoms with van der Waals surface area (Å²) in [7, 11) is 0. The van der Waals surface area contributed by atoms with Crippen molar-refractivity contribution in [1.29, 1.82) is 0 Å². The fourth-order valence-electron chi connectivity index (χ4n) is 2.64. The Bertz CT molecular complexity index is 828. The number of amides is 3. The van der Waals surface area contributed by atoms with Crippen LogP contribution >= 0.6 is 11.6 Å². The number of imide groups is 1. The van der Waals surface area contributed by atoms with Crippen LogP contribution < -0.4 is 5.32 Å². The summed E-state index contributed by atoms with van der Waals surface area (Å²) in [6, 6.07) is 10.7. The van der Waals surface area contributed by atoms with E-state index in [1.165, 1.54) is 6.92 Å². The third-order valence-corrected chi connectivity index (χ3v) is 4.28. The molecule has 3 rings (SSSR count). The maximum absolute atomic E-state index is 12.5. The average Bonchev–Trinajstić information content (AvgIpc) is 2.82. The molecule has 0 unspecified atom stereocenters. The molecule has 0 aliphatic carbocycles. The van der Waals surface area contributed by atoms with E-state index in [9.17, 15) is 14.4 Å². The Labute approximate surface area is 144 Å². The molecular formula is C18H15ClN2O3. The van der Waals surface area contributed by atoms with Crippen molar-refractivity contribution < 1.29 is 14.4 Å². The number of nitrogens with zero attached hydrogens (tertiary/aromatic N) is 1. The van der Waals surface area contributed by atoms with Gasteiger partial charge in [-0.25, -0.2) is 0 Å². The third kappa shape index (κ3) is 2.67. The van der Waals surface area contributed by atoms with Crippen LogP contribution in [0.1, 0.15) is 33.2 Å². The van der Waals surface area contributed by atoms with Gasteiger partial charge in [0.25, 0.3) is 11.8 Å². The van der Waals surface area contributed by atoms with Crippen LogP contribution in [0, 0.1) is 6.92 Å². The predicted molar refractivity (Wildman–Crippen MR) is 91.2 cm³/mol. The number of hydrogen-bond donors (Lipinski definition) is 1. The van der Waals surface area contributed by atoms with E-state index in [0.717, 1.165) is 10.5 Å². The first kappa shape index (κ1) is 16.2. The molecule has 2 aromatic rings. The Kier molecular flexibility index (Phi) is 4.11. The number of carbonyl (C=O) groups excluding carboxylic acids is 3. The van der Waals surface area contributed by atoms with Gasteiger partial charge in [0.05, 0.1) is 11.1 Å². The van der Waals surface area contributed by atoms with E-state index in [2.05, 4.69) is 5.32 Å². The summed E-state index contributed by atoms with van der Waals surface area (Å²) < 4.78 is 0. The number of anilines is 1. The molecular weight excluding hydrogens is 328 g/mol. The normalized spacial score (nSPS) is 14.5. The molecule has 1 atom stereocenters. The molecule has 6 heteroatoms. The minimum atomic E-state index is -0.934. The first-order valence-electron chi connectivity index (χ1n) is 7.44. The van der Waals surface area contributed by atoms with Crippen LogP contribution in [0.5, 0.6) is 0 Å². The van der Waals surface area contributed by atoms with Gasteiger partial charge in [0.15, 0.2) is 0 Å². The number of nitrogens with one attached hydrogen (secondary N) is 1. The van der Waals surface area contributed by atoms with Crippen molar-refractivity contribution in [3.63, 3.8) is 0 Å². The summed E-state index contributed by atoms with van der Waals surface area (Å²) in [4.78, 5) is 38.4. The number of benzene rings is 2. The predicted octanol–water partition coefficient (Wildman–Crippen LogP) is 3.27. The lowest BCUT2D eigenvalue weighted by Crippen LogP contribution is -2.45. The fourth-order valence-corrected chi connectivity index (χ4v) is 2.82. The monoisotopic (exact) mass is 342 g/mol. The third-order valence-electron chi connectivity index (χ3n) is 4.05. The quantitative estimate of drug-likeness (QED) is 0.870. The van der Waals surface area contributed by atoms with Gasteiger partial charge in [-0.3, -0.25) is 19.3 Å². The molecule has 24 heavy (non-hydrogen) atoms. The van der Waals surface area contributed by atoms with E-state index in [1.54, 1.807) is 42.5 Å². The van der Waals surface area contributed by atoms with E-state index in [1.807, 2.05) is 6.92 Å². The maximum atomic E-state index is 12.5. The standard InChI is InChI=1S/C18H15ClN2O3/c1-10-7-8-12(19)9-15(10)20-16(22)11(2)21-17(23)13-5-3-4-6-14(13)18(21)24/h3-9,11H,1-2H3,(H,20,22)/t11-/m1/s1. The van der Waals surface area contributed by atoms with Gasteiger partial charge in [-0.15, -0.1) is 0 Å². The summed E-state index contributed by atoms with van der Waals surface area (Å²) in [5, 5.41) is 3.22. The van der Waals surface area contributed by atoms with Crippen molar-refractivity contribution >= 4 is 35.0 Å². The second-order valence-electron chi connectivity index (χ2n) is 5.65. The smallest absolute Gasteiger partial charge is 0.262 e. The van der Waals surface area contributed by atoms with Gasteiger partial charge in [0, 0.05) is 10.7 Å². The van der Waals surface area contributed by atoms with Crippen molar-refractivity contribution in [1.82, 2.24) is 4.90 Å². The summed E-state index contributed by atoms with van der Waals surface area (Å²) in [5.74, 6) is -1.36. The van der Waals surface area contributed by atoms with Crippen LogP contribution in [0.3, 0.4) is 0 Å². The molecule has 1 aliphatic rings. The molecule has 0 bridgehead atoms. The molecule has 0 saturated heterocycles. The molecule has 0 radical (unpaired) electrons. The highest BCUT2D eigenvalue weighted by Crippen LogP contribution is 2.26. The van der Waals surface area contributed by atoms with E-state index in [-0.39, 0.29) is 0 Å². The molecule has 122 valence electrons. The van der Waals surface area contributed by atoms with Gasteiger partial charge in [0.2, 0.25) is 5.91 Å². The van der Waals surface area contributed by atoms with Crippen LogP contribution in [0.4, 0.5) is 5.69 Å². The zero-order valence-electron chi connectivity index (χ0n) is 13.2. The molecule has 0 spiro atoms. The van der Waals surface area contributed by atoms with Gasteiger partial charge in [-0.05, 0) is 43.7 Å². The molecule has 0 aromatic heterocycles. The van der Waals surface area contributed by atoms with Crippen molar-refractivity contribution in [2.75, 3.05) is 5.32 Å². The zero-order chi connectivity index (χ0) is 17.4. The fraction of sp³-hybridized carbons (Fsp3) is 0.167. The van der Waals surface area contributed by atoms with E-state index >= 15 is 0 Å². The zero-order valence-corrected chi connectivity index (χ0v) is 13.9. The first-order chi connectivity index (χ1) is 11.4. The van der Waals surface area contributed by atoms with Crippen LogP contribution in [0.2, 0.25) is 5.02 Å². The highest BCUT2D eigenvalue weighted by Gasteiger charge is 2.40. The largest absolute Gasteiger partial charge is 0.324 e. The van der Waals surface area contributed by atoms with Crippen molar-refractivity contribution in [3.05, 3.63) is 64.2 Å². The van der Waals surface area contributed by atoms with Crippen LogP contribution in [-0.4, -0.2) is 28.7 Å². The lowest BCUT2D eigenvalue weighted by molar-refractivity contribution is -0.119. The number of carbonyl (C=O) groups is 3. The Balaban J connectivity index is 1.83. The minimum Gasteiger partial charge on any atom is -0.324 e.